The van der Waals surface area contributed by atoms with Gasteiger partial charge in [-0.2, -0.15) is 0 Å². The summed E-state index contributed by atoms with van der Waals surface area (Å²) in [6.07, 6.45) is -0.847. The molecule has 0 N–H and O–H groups in total. The molecule has 0 aromatic heterocycles. The summed E-state index contributed by atoms with van der Waals surface area (Å²) in [4.78, 5) is 28.6. The average Bonchev–Trinajstić information content (AvgIpc) is 2.91. The lowest BCUT2D eigenvalue weighted by molar-refractivity contribution is -0.103. The molecular weight excluding hydrogens is 292 g/mol. The molecule has 114 valence electrons. The number of carbonyl (C=O) groups excluding carboxylic acids is 2. The molecule has 1 fully saturated rings. The summed E-state index contributed by atoms with van der Waals surface area (Å²) >= 11 is 0. The maximum absolute atomic E-state index is 12.6. The van der Waals surface area contributed by atoms with E-state index < -0.39 is 12.5 Å². The Labute approximate surface area is 133 Å². The lowest BCUT2D eigenvalue weighted by Gasteiger charge is -2.25. The largest absolute Gasteiger partial charge is 0.326 e. The van der Waals surface area contributed by atoms with Crippen LogP contribution in [0.1, 0.15) is 44.3 Å². The fraction of sp³-hybridized carbons (Fsp3) is 0.222. The zero-order valence-electron chi connectivity index (χ0n) is 12.3. The third-order valence-corrected chi connectivity index (χ3v) is 4.84. The maximum Gasteiger partial charge on any atom is 0.256 e. The van der Waals surface area contributed by atoms with Crippen LogP contribution in [0.4, 0.5) is 0 Å². The highest BCUT2D eigenvalue weighted by molar-refractivity contribution is 6.00. The van der Waals surface area contributed by atoms with Gasteiger partial charge >= 0.3 is 0 Å². The second-order valence-corrected chi connectivity index (χ2v) is 6.01. The molecule has 1 saturated heterocycles. The molecular formula is C18H14N2O3. The zero-order chi connectivity index (χ0) is 15.6. The number of nitrogens with zero attached hydrogens (tertiary/aromatic N) is 2. The molecule has 0 spiro atoms. The molecule has 5 heteroatoms. The van der Waals surface area contributed by atoms with Crippen molar-refractivity contribution < 1.29 is 14.3 Å². The Hall–Kier alpha value is -2.66. The molecule has 5 nitrogen and oxygen atoms in total. The van der Waals surface area contributed by atoms with Crippen LogP contribution in [0.5, 0.6) is 0 Å². The van der Waals surface area contributed by atoms with Gasteiger partial charge in [0.05, 0.1) is 0 Å². The van der Waals surface area contributed by atoms with Crippen molar-refractivity contribution >= 4 is 11.8 Å². The summed E-state index contributed by atoms with van der Waals surface area (Å²) in [5.74, 6) is -0.0417. The average molecular weight is 306 g/mol. The van der Waals surface area contributed by atoms with E-state index in [9.17, 15) is 9.59 Å². The van der Waals surface area contributed by atoms with Gasteiger partial charge in [0.15, 0.2) is 12.5 Å². The topological polar surface area (TPSA) is 49.9 Å². The molecule has 2 aromatic rings. The second-order valence-electron chi connectivity index (χ2n) is 6.01. The Morgan fingerprint density at radius 1 is 0.739 bits per heavy atom. The normalized spacial score (nSPS) is 24.9. The second kappa shape index (κ2) is 4.43. The molecule has 3 aliphatic heterocycles. The number of rotatable bonds is 0. The summed E-state index contributed by atoms with van der Waals surface area (Å²) in [6, 6.07) is 15.1. The van der Waals surface area contributed by atoms with Crippen molar-refractivity contribution in [2.75, 3.05) is 13.1 Å². The molecule has 23 heavy (non-hydrogen) atoms. The van der Waals surface area contributed by atoms with Crippen LogP contribution in [0.3, 0.4) is 0 Å². The fourth-order valence-corrected chi connectivity index (χ4v) is 3.74. The van der Waals surface area contributed by atoms with Crippen LogP contribution in [-0.2, 0) is 4.74 Å². The SMILES string of the molecule is O=C1c2ccccc2[C@@H]2O[C@H]3c4ccccc4C(=O)N3CCN12. The minimum atomic E-state index is -0.423. The summed E-state index contributed by atoms with van der Waals surface area (Å²) in [7, 11) is 0. The molecule has 0 saturated carbocycles. The lowest BCUT2D eigenvalue weighted by atomic mass is 10.1. The van der Waals surface area contributed by atoms with E-state index >= 15 is 0 Å². The number of benzene rings is 2. The van der Waals surface area contributed by atoms with E-state index in [1.807, 2.05) is 48.5 Å². The van der Waals surface area contributed by atoms with Gasteiger partial charge in [0.25, 0.3) is 11.8 Å². The van der Waals surface area contributed by atoms with Gasteiger partial charge in [-0.15, -0.1) is 0 Å². The first-order valence-electron chi connectivity index (χ1n) is 7.71. The molecule has 0 aliphatic carbocycles. The third-order valence-electron chi connectivity index (χ3n) is 4.84. The molecule has 0 radical (unpaired) electrons. The van der Waals surface area contributed by atoms with Crippen LogP contribution in [0, 0.1) is 0 Å². The van der Waals surface area contributed by atoms with Crippen molar-refractivity contribution in [3.05, 3.63) is 70.8 Å². The van der Waals surface area contributed by atoms with Gasteiger partial charge in [0, 0.05) is 35.3 Å². The van der Waals surface area contributed by atoms with E-state index in [4.69, 9.17) is 4.74 Å². The van der Waals surface area contributed by atoms with Crippen molar-refractivity contribution in [3.8, 4) is 0 Å². The summed E-state index contributed by atoms with van der Waals surface area (Å²) in [6.45, 7) is 0.961. The molecule has 0 unspecified atom stereocenters. The van der Waals surface area contributed by atoms with Gasteiger partial charge in [0.2, 0.25) is 0 Å². The zero-order valence-corrected chi connectivity index (χ0v) is 12.3. The molecule has 2 aromatic carbocycles. The number of ether oxygens (including phenoxy) is 1. The van der Waals surface area contributed by atoms with E-state index in [-0.39, 0.29) is 11.8 Å². The highest BCUT2D eigenvalue weighted by Crippen LogP contribution is 2.44. The Morgan fingerprint density at radius 2 is 1.17 bits per heavy atom. The summed E-state index contributed by atoms with van der Waals surface area (Å²) in [5.41, 5.74) is 3.17. The first kappa shape index (κ1) is 12.8. The van der Waals surface area contributed by atoms with Crippen LogP contribution < -0.4 is 0 Å². The highest BCUT2D eigenvalue weighted by Gasteiger charge is 2.46. The van der Waals surface area contributed by atoms with E-state index in [1.165, 1.54) is 0 Å². The monoisotopic (exact) mass is 306 g/mol. The van der Waals surface area contributed by atoms with Gasteiger partial charge < -0.3 is 14.5 Å². The number of carbonyl (C=O) groups is 2. The van der Waals surface area contributed by atoms with Crippen LogP contribution in [-0.4, -0.2) is 34.7 Å². The van der Waals surface area contributed by atoms with E-state index in [2.05, 4.69) is 0 Å². The Bertz CT molecular complexity index is 778. The quantitative estimate of drug-likeness (QED) is 0.750. The van der Waals surface area contributed by atoms with Crippen molar-refractivity contribution in [2.45, 2.75) is 12.5 Å². The fourth-order valence-electron chi connectivity index (χ4n) is 3.74. The summed E-state index contributed by atoms with van der Waals surface area (Å²) < 4.78 is 6.26. The van der Waals surface area contributed by atoms with Gasteiger partial charge in [-0.3, -0.25) is 9.59 Å². The van der Waals surface area contributed by atoms with Crippen molar-refractivity contribution in [2.24, 2.45) is 0 Å². The minimum absolute atomic E-state index is 0.0208. The smallest absolute Gasteiger partial charge is 0.256 e. The highest BCUT2D eigenvalue weighted by atomic mass is 16.5. The van der Waals surface area contributed by atoms with Crippen molar-refractivity contribution in [3.63, 3.8) is 0 Å². The van der Waals surface area contributed by atoms with E-state index in [1.54, 1.807) is 9.80 Å². The Morgan fingerprint density at radius 3 is 1.65 bits per heavy atom. The number of amides is 2. The maximum atomic E-state index is 12.6. The molecule has 2 atom stereocenters. The number of hydrogen-bond donors (Lipinski definition) is 0. The van der Waals surface area contributed by atoms with Gasteiger partial charge in [-0.1, -0.05) is 36.4 Å². The standard InChI is InChI=1S/C18H14N2O3/c21-15-11-5-1-3-7-13(11)17-19(15)9-10-20-16(22)12-6-2-4-8-14(12)18(20)23-17/h1-8,17-18H,9-10H2/t17-,18-/m0/s1. The van der Waals surface area contributed by atoms with Gasteiger partial charge in [0.1, 0.15) is 0 Å². The molecule has 5 rings (SSSR count). The molecule has 3 aliphatic rings. The Kier molecular flexibility index (Phi) is 2.47. The van der Waals surface area contributed by atoms with E-state index in [0.29, 0.717) is 24.2 Å². The molecule has 0 bridgehead atoms. The third kappa shape index (κ3) is 1.60. The van der Waals surface area contributed by atoms with Crippen molar-refractivity contribution in [1.29, 1.82) is 0 Å². The predicted molar refractivity (Wildman–Crippen MR) is 81.5 cm³/mol. The molecule has 3 heterocycles. The van der Waals surface area contributed by atoms with Crippen LogP contribution >= 0.6 is 0 Å². The van der Waals surface area contributed by atoms with Crippen LogP contribution in [0.25, 0.3) is 0 Å². The first-order valence-corrected chi connectivity index (χ1v) is 7.71. The van der Waals surface area contributed by atoms with Gasteiger partial charge in [-0.05, 0) is 12.1 Å². The van der Waals surface area contributed by atoms with E-state index in [0.717, 1.165) is 11.1 Å². The first-order chi connectivity index (χ1) is 11.3. The van der Waals surface area contributed by atoms with Crippen molar-refractivity contribution in [1.82, 2.24) is 9.80 Å². The Balaban J connectivity index is 1.61. The molecule has 2 amide bonds. The number of fused-ring (bicyclic) bond motifs is 6. The van der Waals surface area contributed by atoms with Crippen LogP contribution in [0.15, 0.2) is 48.5 Å². The van der Waals surface area contributed by atoms with Crippen LogP contribution in [0.2, 0.25) is 0 Å². The summed E-state index contributed by atoms with van der Waals surface area (Å²) in [5, 5.41) is 0. The minimum Gasteiger partial charge on any atom is -0.326 e. The number of hydrogen-bond acceptors (Lipinski definition) is 3. The lowest BCUT2D eigenvalue weighted by Crippen LogP contribution is -2.34. The predicted octanol–water partition coefficient (Wildman–Crippen LogP) is 2.33. The van der Waals surface area contributed by atoms with Gasteiger partial charge in [-0.25, -0.2) is 0 Å².